The molecular formula is C8H12N4S. The number of rotatable bonds is 2. The van der Waals surface area contributed by atoms with Gasteiger partial charge in [-0.2, -0.15) is 5.10 Å². The van der Waals surface area contributed by atoms with Gasteiger partial charge >= 0.3 is 0 Å². The fourth-order valence-electron chi connectivity index (χ4n) is 1.29. The van der Waals surface area contributed by atoms with Gasteiger partial charge in [-0.15, -0.1) is 11.3 Å². The first kappa shape index (κ1) is 8.65. The summed E-state index contributed by atoms with van der Waals surface area (Å²) in [6.45, 7) is 3.89. The summed E-state index contributed by atoms with van der Waals surface area (Å²) < 4.78 is 1.88. The van der Waals surface area contributed by atoms with Gasteiger partial charge in [-0.05, 0) is 13.8 Å². The maximum absolute atomic E-state index is 5.72. The van der Waals surface area contributed by atoms with Crippen LogP contribution in [0.2, 0.25) is 0 Å². The number of hydrogen-bond donors (Lipinski definition) is 1. The van der Waals surface area contributed by atoms with Gasteiger partial charge in [0.1, 0.15) is 5.82 Å². The molecule has 70 valence electrons. The van der Waals surface area contributed by atoms with E-state index in [9.17, 15) is 0 Å². The number of aromatic nitrogens is 3. The molecule has 13 heavy (non-hydrogen) atoms. The predicted molar refractivity (Wildman–Crippen MR) is 53.0 cm³/mol. The molecule has 2 heterocycles. The van der Waals surface area contributed by atoms with Gasteiger partial charge < -0.3 is 5.73 Å². The molecule has 0 aromatic carbocycles. The molecule has 0 aliphatic heterocycles. The zero-order valence-electron chi connectivity index (χ0n) is 7.69. The Labute approximate surface area is 80.4 Å². The highest BCUT2D eigenvalue weighted by molar-refractivity contribution is 7.15. The molecule has 0 aliphatic carbocycles. The van der Waals surface area contributed by atoms with Gasteiger partial charge in [-0.1, -0.05) is 0 Å². The topological polar surface area (TPSA) is 56.2 Å². The third-order valence-corrected chi connectivity index (χ3v) is 2.65. The normalized spacial score (nSPS) is 13.8. The molecule has 4 nitrogen and oxygen atoms in total. The first-order chi connectivity index (χ1) is 6.16. The molecule has 5 heteroatoms. The minimum absolute atomic E-state index is 0.169. The van der Waals surface area contributed by atoms with Crippen LogP contribution < -0.4 is 5.73 Å². The first-order valence-electron chi connectivity index (χ1n) is 4.22. The molecule has 2 N–H and O–H groups in total. The second-order valence-corrected chi connectivity index (χ2v) is 4.10. The average molecular weight is 196 g/mol. The van der Waals surface area contributed by atoms with Crippen LogP contribution in [0.1, 0.15) is 18.4 Å². The Bertz CT molecular complexity index is 415. The fraction of sp³-hybridized carbons (Fsp3) is 0.500. The Balaban J connectivity index is 2.44. The molecular weight excluding hydrogens is 184 g/mol. The second kappa shape index (κ2) is 3.08. The van der Waals surface area contributed by atoms with Gasteiger partial charge in [-0.25, -0.2) is 9.50 Å². The molecule has 0 saturated heterocycles. The second-order valence-electron chi connectivity index (χ2n) is 3.26. The molecule has 0 radical (unpaired) electrons. The van der Waals surface area contributed by atoms with Crippen molar-refractivity contribution in [3.63, 3.8) is 0 Å². The Hall–Kier alpha value is -0.940. The third kappa shape index (κ3) is 1.57. The smallest absolute Gasteiger partial charge is 0.212 e. The van der Waals surface area contributed by atoms with E-state index in [0.717, 1.165) is 22.9 Å². The SMILES string of the molecule is Cc1nc2scc(CC(C)N)n2n1. The predicted octanol–water partition coefficient (Wildman–Crippen LogP) is 0.989. The highest BCUT2D eigenvalue weighted by Gasteiger charge is 2.08. The molecule has 0 spiro atoms. The van der Waals surface area contributed by atoms with Crippen LogP contribution in [0.15, 0.2) is 5.38 Å². The Kier molecular flexibility index (Phi) is 2.05. The quantitative estimate of drug-likeness (QED) is 0.779. The van der Waals surface area contributed by atoms with Crippen LogP contribution in [-0.2, 0) is 6.42 Å². The van der Waals surface area contributed by atoms with Crippen LogP contribution in [-0.4, -0.2) is 20.6 Å². The molecule has 1 unspecified atom stereocenters. The number of thiazole rings is 1. The summed E-state index contributed by atoms with van der Waals surface area (Å²) in [4.78, 5) is 5.22. The maximum atomic E-state index is 5.72. The molecule has 0 fully saturated rings. The first-order valence-corrected chi connectivity index (χ1v) is 5.10. The van der Waals surface area contributed by atoms with Crippen LogP contribution >= 0.6 is 11.3 Å². The summed E-state index contributed by atoms with van der Waals surface area (Å²) in [5.41, 5.74) is 6.87. The summed E-state index contributed by atoms with van der Waals surface area (Å²) in [6, 6.07) is 0.169. The molecule has 0 aliphatic rings. The van der Waals surface area contributed by atoms with E-state index in [1.165, 1.54) is 0 Å². The van der Waals surface area contributed by atoms with E-state index >= 15 is 0 Å². The van der Waals surface area contributed by atoms with E-state index in [0.29, 0.717) is 0 Å². The molecule has 1 atom stereocenters. The lowest BCUT2D eigenvalue weighted by Crippen LogP contribution is -2.18. The van der Waals surface area contributed by atoms with E-state index in [1.54, 1.807) is 11.3 Å². The summed E-state index contributed by atoms with van der Waals surface area (Å²) in [7, 11) is 0. The molecule has 0 bridgehead atoms. The van der Waals surface area contributed by atoms with Crippen LogP contribution in [0.25, 0.3) is 4.96 Å². The lowest BCUT2D eigenvalue weighted by molar-refractivity contribution is 0.701. The van der Waals surface area contributed by atoms with Gasteiger partial charge in [0.25, 0.3) is 0 Å². The highest BCUT2D eigenvalue weighted by atomic mass is 32.1. The average Bonchev–Trinajstić information content (AvgIpc) is 2.51. The largest absolute Gasteiger partial charge is 0.328 e. The number of nitrogens with two attached hydrogens (primary N) is 1. The zero-order chi connectivity index (χ0) is 9.42. The van der Waals surface area contributed by atoms with E-state index in [2.05, 4.69) is 15.5 Å². The van der Waals surface area contributed by atoms with Crippen molar-refractivity contribution in [2.24, 2.45) is 5.73 Å². The van der Waals surface area contributed by atoms with Gasteiger partial charge in [0, 0.05) is 17.8 Å². The van der Waals surface area contributed by atoms with Crippen molar-refractivity contribution >= 4 is 16.3 Å². The van der Waals surface area contributed by atoms with Crippen LogP contribution in [0, 0.1) is 6.92 Å². The molecule has 2 rings (SSSR count). The van der Waals surface area contributed by atoms with Gasteiger partial charge in [0.05, 0.1) is 5.69 Å². The van der Waals surface area contributed by atoms with Crippen molar-refractivity contribution in [1.82, 2.24) is 14.6 Å². The van der Waals surface area contributed by atoms with Crippen LogP contribution in [0.4, 0.5) is 0 Å². The zero-order valence-corrected chi connectivity index (χ0v) is 8.51. The lowest BCUT2D eigenvalue weighted by atomic mass is 10.2. The Morgan fingerprint density at radius 3 is 3.15 bits per heavy atom. The van der Waals surface area contributed by atoms with Crippen molar-refractivity contribution in [3.05, 3.63) is 16.9 Å². The van der Waals surface area contributed by atoms with Crippen molar-refractivity contribution in [1.29, 1.82) is 0 Å². The van der Waals surface area contributed by atoms with Crippen LogP contribution in [0.3, 0.4) is 0 Å². The fourth-order valence-corrected chi connectivity index (χ4v) is 2.17. The number of hydrogen-bond acceptors (Lipinski definition) is 4. The Morgan fingerprint density at radius 2 is 2.46 bits per heavy atom. The van der Waals surface area contributed by atoms with E-state index in [4.69, 9.17) is 5.73 Å². The third-order valence-electron chi connectivity index (χ3n) is 1.79. The van der Waals surface area contributed by atoms with Gasteiger partial charge in [-0.3, -0.25) is 0 Å². The summed E-state index contributed by atoms with van der Waals surface area (Å²) in [6.07, 6.45) is 0.850. The van der Waals surface area contributed by atoms with E-state index in [1.807, 2.05) is 18.4 Å². The van der Waals surface area contributed by atoms with Crippen molar-refractivity contribution in [3.8, 4) is 0 Å². The summed E-state index contributed by atoms with van der Waals surface area (Å²) in [5.74, 6) is 0.817. The molecule has 0 amide bonds. The Morgan fingerprint density at radius 1 is 1.69 bits per heavy atom. The summed E-state index contributed by atoms with van der Waals surface area (Å²) in [5, 5.41) is 6.35. The molecule has 0 saturated carbocycles. The minimum Gasteiger partial charge on any atom is -0.328 e. The summed E-state index contributed by atoms with van der Waals surface area (Å²) >= 11 is 1.61. The van der Waals surface area contributed by atoms with Gasteiger partial charge in [0.2, 0.25) is 4.96 Å². The molecule has 2 aromatic heterocycles. The maximum Gasteiger partial charge on any atom is 0.212 e. The number of fused-ring (bicyclic) bond motifs is 1. The monoisotopic (exact) mass is 196 g/mol. The van der Waals surface area contributed by atoms with Crippen LogP contribution in [0.5, 0.6) is 0 Å². The highest BCUT2D eigenvalue weighted by Crippen LogP contribution is 2.15. The molecule has 2 aromatic rings. The van der Waals surface area contributed by atoms with Crippen molar-refractivity contribution < 1.29 is 0 Å². The number of nitrogens with zero attached hydrogens (tertiary/aromatic N) is 3. The lowest BCUT2D eigenvalue weighted by Gasteiger charge is -2.01. The standard InChI is InChI=1S/C8H12N4S/c1-5(9)3-7-4-13-8-10-6(2)11-12(7)8/h4-5H,3,9H2,1-2H3. The minimum atomic E-state index is 0.169. The van der Waals surface area contributed by atoms with Gasteiger partial charge in [0.15, 0.2) is 0 Å². The van der Waals surface area contributed by atoms with Crippen molar-refractivity contribution in [2.75, 3.05) is 0 Å². The van der Waals surface area contributed by atoms with E-state index < -0.39 is 0 Å². The number of aryl methyl sites for hydroxylation is 1. The van der Waals surface area contributed by atoms with E-state index in [-0.39, 0.29) is 6.04 Å². The van der Waals surface area contributed by atoms with Crippen molar-refractivity contribution in [2.45, 2.75) is 26.3 Å².